The van der Waals surface area contributed by atoms with Gasteiger partial charge in [0.15, 0.2) is 0 Å². The fourth-order valence-corrected chi connectivity index (χ4v) is 2.84. The van der Waals surface area contributed by atoms with Crippen LogP contribution in [0.1, 0.15) is 31.2 Å². The second-order valence-electron chi connectivity index (χ2n) is 5.29. The molecule has 19 heavy (non-hydrogen) atoms. The molecule has 1 fully saturated rings. The summed E-state index contributed by atoms with van der Waals surface area (Å²) >= 11 is 0. The molecule has 1 amide bonds. The number of rotatable bonds is 5. The molecule has 0 spiro atoms. The minimum atomic E-state index is 0.118. The van der Waals surface area contributed by atoms with Gasteiger partial charge in [-0.15, -0.1) is 0 Å². The van der Waals surface area contributed by atoms with E-state index in [2.05, 4.69) is 10.3 Å². The van der Waals surface area contributed by atoms with Crippen LogP contribution in [0.25, 0.3) is 0 Å². The molecule has 1 aliphatic rings. The molecule has 0 radical (unpaired) electrons. The van der Waals surface area contributed by atoms with Crippen LogP contribution in [0, 0.1) is 11.8 Å². The fourth-order valence-electron chi connectivity index (χ4n) is 2.84. The van der Waals surface area contributed by atoms with E-state index in [9.17, 15) is 4.79 Å². The molecule has 2 atom stereocenters. The van der Waals surface area contributed by atoms with E-state index in [1.54, 1.807) is 6.20 Å². The van der Waals surface area contributed by atoms with E-state index >= 15 is 0 Å². The number of amides is 1. The number of carbonyl (C=O) groups excluding carboxylic acids is 1. The van der Waals surface area contributed by atoms with Crippen molar-refractivity contribution in [1.82, 2.24) is 10.3 Å². The van der Waals surface area contributed by atoms with Crippen molar-refractivity contribution in [3.63, 3.8) is 0 Å². The van der Waals surface area contributed by atoms with Crippen LogP contribution in [0.3, 0.4) is 0 Å². The minimum absolute atomic E-state index is 0.118. The van der Waals surface area contributed by atoms with Gasteiger partial charge in [-0.05, 0) is 43.4 Å². The summed E-state index contributed by atoms with van der Waals surface area (Å²) in [7, 11) is 0. The molecular weight excluding hydrogens is 238 g/mol. The highest BCUT2D eigenvalue weighted by atomic mass is 16.1. The Hall–Kier alpha value is -1.42. The highest BCUT2D eigenvalue weighted by Gasteiger charge is 2.29. The molecule has 1 heterocycles. The lowest BCUT2D eigenvalue weighted by Crippen LogP contribution is -2.40. The Morgan fingerprint density at radius 3 is 3.00 bits per heavy atom. The summed E-state index contributed by atoms with van der Waals surface area (Å²) in [6.07, 6.45) is 8.88. The van der Waals surface area contributed by atoms with Crippen molar-refractivity contribution in [2.75, 3.05) is 13.1 Å². The SMILES string of the molecule is NCC1CCCCC1C(=O)NCCc1cccnc1. The number of carbonyl (C=O) groups is 1. The summed E-state index contributed by atoms with van der Waals surface area (Å²) in [5.41, 5.74) is 6.92. The Bertz CT molecular complexity index is 394. The van der Waals surface area contributed by atoms with Crippen molar-refractivity contribution < 1.29 is 4.79 Å². The molecule has 0 bridgehead atoms. The molecule has 0 aliphatic heterocycles. The molecule has 3 N–H and O–H groups in total. The van der Waals surface area contributed by atoms with Crippen molar-refractivity contribution in [2.45, 2.75) is 32.1 Å². The average molecular weight is 261 g/mol. The van der Waals surface area contributed by atoms with Crippen LogP contribution >= 0.6 is 0 Å². The first-order valence-electron chi connectivity index (χ1n) is 7.18. The molecule has 1 saturated carbocycles. The van der Waals surface area contributed by atoms with E-state index < -0.39 is 0 Å². The Labute approximate surface area is 114 Å². The van der Waals surface area contributed by atoms with Crippen molar-refractivity contribution >= 4 is 5.91 Å². The van der Waals surface area contributed by atoms with Crippen molar-refractivity contribution in [2.24, 2.45) is 17.6 Å². The molecule has 1 aromatic heterocycles. The largest absolute Gasteiger partial charge is 0.356 e. The molecule has 2 rings (SSSR count). The Morgan fingerprint density at radius 1 is 1.42 bits per heavy atom. The van der Waals surface area contributed by atoms with Crippen LogP contribution in [-0.2, 0) is 11.2 Å². The second kappa shape index (κ2) is 7.24. The third-order valence-electron chi connectivity index (χ3n) is 3.98. The highest BCUT2D eigenvalue weighted by molar-refractivity contribution is 5.79. The van der Waals surface area contributed by atoms with Gasteiger partial charge in [0.05, 0.1) is 0 Å². The molecule has 1 aromatic rings. The summed E-state index contributed by atoms with van der Waals surface area (Å²) in [4.78, 5) is 16.2. The summed E-state index contributed by atoms with van der Waals surface area (Å²) in [5, 5.41) is 3.04. The normalized spacial score (nSPS) is 23.0. The van der Waals surface area contributed by atoms with Crippen LogP contribution in [0.5, 0.6) is 0 Å². The molecule has 0 aromatic carbocycles. The zero-order valence-electron chi connectivity index (χ0n) is 11.3. The first-order chi connectivity index (χ1) is 9.31. The molecule has 104 valence electrons. The number of nitrogens with two attached hydrogens (primary N) is 1. The molecule has 2 unspecified atom stereocenters. The van der Waals surface area contributed by atoms with Gasteiger partial charge in [-0.25, -0.2) is 0 Å². The molecule has 4 nitrogen and oxygen atoms in total. The van der Waals surface area contributed by atoms with Gasteiger partial charge >= 0.3 is 0 Å². The Morgan fingerprint density at radius 2 is 2.26 bits per heavy atom. The maximum absolute atomic E-state index is 12.2. The van der Waals surface area contributed by atoms with Crippen LogP contribution in [-0.4, -0.2) is 24.0 Å². The number of hydrogen-bond donors (Lipinski definition) is 2. The van der Waals surface area contributed by atoms with Gasteiger partial charge in [0.25, 0.3) is 0 Å². The maximum atomic E-state index is 12.2. The Kier molecular flexibility index (Phi) is 5.33. The van der Waals surface area contributed by atoms with E-state index in [-0.39, 0.29) is 11.8 Å². The van der Waals surface area contributed by atoms with Crippen molar-refractivity contribution in [3.8, 4) is 0 Å². The van der Waals surface area contributed by atoms with Crippen LogP contribution < -0.4 is 11.1 Å². The van der Waals surface area contributed by atoms with E-state index in [1.807, 2.05) is 18.3 Å². The summed E-state index contributed by atoms with van der Waals surface area (Å²) in [6.45, 7) is 1.30. The number of nitrogens with zero attached hydrogens (tertiary/aromatic N) is 1. The van der Waals surface area contributed by atoms with Crippen LogP contribution in [0.4, 0.5) is 0 Å². The van der Waals surface area contributed by atoms with Gasteiger partial charge in [0, 0.05) is 24.9 Å². The third-order valence-corrected chi connectivity index (χ3v) is 3.98. The zero-order chi connectivity index (χ0) is 13.5. The smallest absolute Gasteiger partial charge is 0.223 e. The van der Waals surface area contributed by atoms with Gasteiger partial charge in [-0.3, -0.25) is 9.78 Å². The lowest BCUT2D eigenvalue weighted by atomic mass is 9.79. The predicted molar refractivity (Wildman–Crippen MR) is 75.5 cm³/mol. The monoisotopic (exact) mass is 261 g/mol. The molecule has 1 aliphatic carbocycles. The highest BCUT2D eigenvalue weighted by Crippen LogP contribution is 2.29. The van der Waals surface area contributed by atoms with Crippen LogP contribution in [0.15, 0.2) is 24.5 Å². The predicted octanol–water partition coefficient (Wildman–Crippen LogP) is 1.51. The zero-order valence-corrected chi connectivity index (χ0v) is 11.3. The first kappa shape index (κ1) is 14.0. The van der Waals surface area contributed by atoms with Gasteiger partial charge in [0.1, 0.15) is 0 Å². The third kappa shape index (κ3) is 4.03. The van der Waals surface area contributed by atoms with Gasteiger partial charge in [0.2, 0.25) is 5.91 Å². The Balaban J connectivity index is 1.77. The second-order valence-corrected chi connectivity index (χ2v) is 5.29. The van der Waals surface area contributed by atoms with Gasteiger partial charge < -0.3 is 11.1 Å². The summed E-state index contributed by atoms with van der Waals surface area (Å²) < 4.78 is 0. The number of aromatic nitrogens is 1. The average Bonchev–Trinajstić information content (AvgIpc) is 2.48. The van der Waals surface area contributed by atoms with E-state index in [4.69, 9.17) is 5.73 Å². The van der Waals surface area contributed by atoms with Crippen molar-refractivity contribution in [3.05, 3.63) is 30.1 Å². The van der Waals surface area contributed by atoms with Gasteiger partial charge in [-0.2, -0.15) is 0 Å². The lowest BCUT2D eigenvalue weighted by molar-refractivity contribution is -0.127. The van der Waals surface area contributed by atoms with E-state index in [0.717, 1.165) is 31.2 Å². The minimum Gasteiger partial charge on any atom is -0.356 e. The molecule has 4 heteroatoms. The first-order valence-corrected chi connectivity index (χ1v) is 7.18. The maximum Gasteiger partial charge on any atom is 0.223 e. The topological polar surface area (TPSA) is 68.0 Å². The molecule has 0 saturated heterocycles. The fraction of sp³-hybridized carbons (Fsp3) is 0.600. The lowest BCUT2D eigenvalue weighted by Gasteiger charge is -2.29. The quantitative estimate of drug-likeness (QED) is 0.844. The molecular formula is C15H23N3O. The standard InChI is InChI=1S/C15H23N3O/c16-10-13-5-1-2-6-14(13)15(19)18-9-7-12-4-3-8-17-11-12/h3-4,8,11,13-14H,1-2,5-7,9-10,16H2,(H,18,19). The van der Waals surface area contributed by atoms with Gasteiger partial charge in [-0.1, -0.05) is 18.9 Å². The van der Waals surface area contributed by atoms with Crippen LogP contribution in [0.2, 0.25) is 0 Å². The number of pyridine rings is 1. The van der Waals surface area contributed by atoms with E-state index in [0.29, 0.717) is 19.0 Å². The van der Waals surface area contributed by atoms with Crippen molar-refractivity contribution in [1.29, 1.82) is 0 Å². The number of hydrogen-bond acceptors (Lipinski definition) is 3. The summed E-state index contributed by atoms with van der Waals surface area (Å²) in [6, 6.07) is 3.95. The van der Waals surface area contributed by atoms with E-state index in [1.165, 1.54) is 6.42 Å². The summed E-state index contributed by atoms with van der Waals surface area (Å²) in [5.74, 6) is 0.666. The number of nitrogens with one attached hydrogen (secondary N) is 1.